The van der Waals surface area contributed by atoms with Crippen molar-refractivity contribution in [2.75, 3.05) is 20.1 Å². The van der Waals surface area contributed by atoms with Crippen LogP contribution in [0.4, 0.5) is 0 Å². The van der Waals surface area contributed by atoms with E-state index in [1.807, 2.05) is 16.8 Å². The number of rotatable bonds is 1. The van der Waals surface area contributed by atoms with E-state index >= 15 is 0 Å². The summed E-state index contributed by atoms with van der Waals surface area (Å²) in [6.45, 7) is 1.29. The van der Waals surface area contributed by atoms with Gasteiger partial charge in [0, 0.05) is 31.1 Å². The van der Waals surface area contributed by atoms with Crippen molar-refractivity contribution in [1.29, 1.82) is 0 Å². The summed E-state index contributed by atoms with van der Waals surface area (Å²) in [5.74, 6) is 0.363. The van der Waals surface area contributed by atoms with E-state index in [1.54, 1.807) is 11.3 Å². The van der Waals surface area contributed by atoms with E-state index in [4.69, 9.17) is 0 Å². The van der Waals surface area contributed by atoms with Crippen molar-refractivity contribution < 1.29 is 9.59 Å². The molecule has 3 saturated heterocycles. The Hall–Kier alpha value is -1.36. The quantitative estimate of drug-likeness (QED) is 0.742. The summed E-state index contributed by atoms with van der Waals surface area (Å²) in [5, 5.41) is 0. The molecule has 124 valence electrons. The normalized spacial score (nSPS) is 27.6. The molecule has 4 aliphatic rings. The van der Waals surface area contributed by atoms with Gasteiger partial charge in [-0.1, -0.05) is 6.42 Å². The molecule has 2 atom stereocenters. The van der Waals surface area contributed by atoms with Gasteiger partial charge in [-0.25, -0.2) is 0 Å². The molecule has 4 heterocycles. The zero-order valence-corrected chi connectivity index (χ0v) is 14.5. The molecule has 3 aliphatic heterocycles. The molecule has 4 nitrogen and oxygen atoms in total. The smallest absolute Gasteiger partial charge is 0.264 e. The first-order valence-corrected chi connectivity index (χ1v) is 9.62. The summed E-state index contributed by atoms with van der Waals surface area (Å²) in [6.07, 6.45) is 7.98. The van der Waals surface area contributed by atoms with Crippen LogP contribution in [0.5, 0.6) is 0 Å². The van der Waals surface area contributed by atoms with E-state index in [0.717, 1.165) is 30.6 Å². The Morgan fingerprint density at radius 1 is 1.17 bits per heavy atom. The minimum absolute atomic E-state index is 0.000451. The van der Waals surface area contributed by atoms with E-state index in [1.165, 1.54) is 29.7 Å². The van der Waals surface area contributed by atoms with Gasteiger partial charge in [0.2, 0.25) is 5.91 Å². The van der Waals surface area contributed by atoms with Crippen LogP contribution < -0.4 is 0 Å². The van der Waals surface area contributed by atoms with Gasteiger partial charge < -0.3 is 9.80 Å². The second-order valence-electron chi connectivity index (χ2n) is 7.21. The standard InChI is InChI=1S/C18H24N2O2S/c1-19-14-8-7-13(17(19)21)10-20(11-14)18(22)16-9-12-5-3-2-4-6-15(12)23-16/h9,13-14H,2-8,10-11H2,1H3/t13-,14+/m1/s1. The maximum atomic E-state index is 13.0. The molecule has 23 heavy (non-hydrogen) atoms. The number of fused-ring (bicyclic) bond motifs is 5. The Balaban J connectivity index is 1.56. The first-order chi connectivity index (χ1) is 11.1. The number of carbonyl (C=O) groups excluding carboxylic acids is 2. The van der Waals surface area contributed by atoms with Crippen LogP contribution in [0, 0.1) is 5.92 Å². The second-order valence-corrected chi connectivity index (χ2v) is 8.34. The number of piperidine rings is 1. The highest BCUT2D eigenvalue weighted by Crippen LogP contribution is 2.32. The molecule has 1 aromatic rings. The zero-order valence-electron chi connectivity index (χ0n) is 13.7. The molecule has 0 aromatic carbocycles. The van der Waals surface area contributed by atoms with Crippen molar-refractivity contribution in [2.45, 2.75) is 51.0 Å². The van der Waals surface area contributed by atoms with Crippen LogP contribution in [-0.4, -0.2) is 47.8 Å². The predicted molar refractivity (Wildman–Crippen MR) is 90.8 cm³/mol. The van der Waals surface area contributed by atoms with Gasteiger partial charge in [-0.3, -0.25) is 9.59 Å². The van der Waals surface area contributed by atoms with Gasteiger partial charge >= 0.3 is 0 Å². The first kappa shape index (κ1) is 15.2. The minimum Gasteiger partial charge on any atom is -0.341 e. The molecule has 0 spiro atoms. The van der Waals surface area contributed by atoms with Crippen molar-refractivity contribution >= 4 is 23.2 Å². The predicted octanol–water partition coefficient (Wildman–Crippen LogP) is 2.71. The Bertz CT molecular complexity index is 615. The van der Waals surface area contributed by atoms with E-state index in [2.05, 4.69) is 6.07 Å². The number of hydrogen-bond donors (Lipinski definition) is 0. The topological polar surface area (TPSA) is 40.6 Å². The van der Waals surface area contributed by atoms with E-state index in [-0.39, 0.29) is 23.8 Å². The average Bonchev–Trinajstić information content (AvgIpc) is 2.72. The molecular weight excluding hydrogens is 308 g/mol. The van der Waals surface area contributed by atoms with E-state index in [0.29, 0.717) is 13.1 Å². The number of nitrogens with zero attached hydrogens (tertiary/aromatic N) is 2. The van der Waals surface area contributed by atoms with Gasteiger partial charge in [0.15, 0.2) is 0 Å². The molecule has 1 aromatic heterocycles. The maximum Gasteiger partial charge on any atom is 0.264 e. The number of carbonyl (C=O) groups is 2. The molecule has 0 radical (unpaired) electrons. The Labute approximate surface area is 141 Å². The molecule has 5 rings (SSSR count). The van der Waals surface area contributed by atoms with Crippen molar-refractivity contribution in [3.8, 4) is 0 Å². The van der Waals surface area contributed by atoms with Crippen LogP contribution in [0.1, 0.15) is 52.2 Å². The average molecular weight is 332 g/mol. The largest absolute Gasteiger partial charge is 0.341 e. The van der Waals surface area contributed by atoms with Crippen LogP contribution in [0.2, 0.25) is 0 Å². The van der Waals surface area contributed by atoms with E-state index in [9.17, 15) is 9.59 Å². The van der Waals surface area contributed by atoms with Gasteiger partial charge in [-0.2, -0.15) is 0 Å². The Morgan fingerprint density at radius 3 is 2.87 bits per heavy atom. The SMILES string of the molecule is CN1C(=O)[C@@H]2CC[C@H]1CN(C(=O)c1cc3c(s1)CCCCC3)C2. The van der Waals surface area contributed by atoms with Crippen LogP contribution in [-0.2, 0) is 17.6 Å². The highest BCUT2D eigenvalue weighted by Gasteiger charge is 2.40. The zero-order chi connectivity index (χ0) is 16.0. The summed E-state index contributed by atoms with van der Waals surface area (Å²) >= 11 is 1.69. The number of hydrogen-bond acceptors (Lipinski definition) is 3. The summed E-state index contributed by atoms with van der Waals surface area (Å²) in [5.41, 5.74) is 1.39. The Morgan fingerprint density at radius 2 is 2.00 bits per heavy atom. The number of amides is 2. The van der Waals surface area contributed by atoms with Crippen LogP contribution in [0.15, 0.2) is 6.07 Å². The molecule has 0 N–H and O–H groups in total. The molecule has 0 saturated carbocycles. The fourth-order valence-electron chi connectivity index (χ4n) is 4.25. The molecule has 3 fully saturated rings. The molecule has 0 unspecified atom stereocenters. The summed E-state index contributed by atoms with van der Waals surface area (Å²) in [7, 11) is 1.89. The van der Waals surface area contributed by atoms with Gasteiger partial charge in [-0.05, 0) is 50.2 Å². The summed E-state index contributed by atoms with van der Waals surface area (Å²) < 4.78 is 0. The lowest BCUT2D eigenvalue weighted by molar-refractivity contribution is -0.138. The van der Waals surface area contributed by atoms with Crippen molar-refractivity contribution in [3.05, 3.63) is 21.4 Å². The molecule has 5 heteroatoms. The lowest BCUT2D eigenvalue weighted by atomic mass is 9.95. The van der Waals surface area contributed by atoms with Crippen LogP contribution in [0.3, 0.4) is 0 Å². The third-order valence-corrected chi connectivity index (χ3v) is 6.93. The minimum atomic E-state index is 0.000451. The summed E-state index contributed by atoms with van der Waals surface area (Å²) in [6, 6.07) is 2.33. The van der Waals surface area contributed by atoms with Gasteiger partial charge in [0.1, 0.15) is 0 Å². The number of aryl methyl sites for hydroxylation is 2. The fraction of sp³-hybridized carbons (Fsp3) is 0.667. The Kier molecular flexibility index (Phi) is 3.92. The lowest BCUT2D eigenvalue weighted by Crippen LogP contribution is -2.45. The number of likely N-dealkylation sites (N-methyl/N-ethyl adjacent to an activating group) is 1. The third kappa shape index (κ3) is 2.69. The molecule has 2 bridgehead atoms. The monoisotopic (exact) mass is 332 g/mol. The molecule has 1 aliphatic carbocycles. The van der Waals surface area contributed by atoms with Crippen LogP contribution in [0.25, 0.3) is 0 Å². The molecular formula is C18H24N2O2S. The molecule has 2 amide bonds. The van der Waals surface area contributed by atoms with Crippen molar-refractivity contribution in [2.24, 2.45) is 5.92 Å². The summed E-state index contributed by atoms with van der Waals surface area (Å²) in [4.78, 5) is 31.4. The first-order valence-electron chi connectivity index (χ1n) is 8.81. The highest BCUT2D eigenvalue weighted by atomic mass is 32.1. The maximum absolute atomic E-state index is 13.0. The van der Waals surface area contributed by atoms with Gasteiger partial charge in [0.25, 0.3) is 5.91 Å². The third-order valence-electron chi connectivity index (χ3n) is 5.71. The van der Waals surface area contributed by atoms with Crippen molar-refractivity contribution in [1.82, 2.24) is 9.80 Å². The lowest BCUT2D eigenvalue weighted by Gasteiger charge is -2.32. The van der Waals surface area contributed by atoms with Crippen molar-refractivity contribution in [3.63, 3.8) is 0 Å². The number of thiophene rings is 1. The van der Waals surface area contributed by atoms with E-state index < -0.39 is 0 Å². The highest BCUT2D eigenvalue weighted by molar-refractivity contribution is 7.14. The fourth-order valence-corrected chi connectivity index (χ4v) is 5.47. The second kappa shape index (κ2) is 5.93. The van der Waals surface area contributed by atoms with Gasteiger partial charge in [-0.15, -0.1) is 11.3 Å². The van der Waals surface area contributed by atoms with Crippen LogP contribution >= 0.6 is 11.3 Å². The van der Waals surface area contributed by atoms with Gasteiger partial charge in [0.05, 0.1) is 10.8 Å².